The highest BCUT2D eigenvalue weighted by atomic mass is 35.5. The van der Waals surface area contributed by atoms with Gasteiger partial charge in [0.1, 0.15) is 17.4 Å². The number of thiazole rings is 1. The third-order valence-corrected chi connectivity index (χ3v) is 5.62. The number of aliphatic hydroxyl groups is 1. The molecule has 0 saturated heterocycles. The van der Waals surface area contributed by atoms with Gasteiger partial charge in [0.05, 0.1) is 12.3 Å². The molecule has 5 nitrogen and oxygen atoms in total. The van der Waals surface area contributed by atoms with Crippen molar-refractivity contribution in [1.82, 2.24) is 9.88 Å². The molecule has 1 aromatic heterocycles. The average molecular weight is 445 g/mol. The van der Waals surface area contributed by atoms with Crippen molar-refractivity contribution in [1.29, 1.82) is 0 Å². The summed E-state index contributed by atoms with van der Waals surface area (Å²) in [5.41, 5.74) is 2.54. The van der Waals surface area contributed by atoms with E-state index in [1.54, 1.807) is 6.07 Å². The van der Waals surface area contributed by atoms with Crippen molar-refractivity contribution in [2.45, 2.75) is 40.2 Å². The number of hydrogen-bond acceptors (Lipinski definition) is 5. The normalized spacial score (nSPS) is 11.0. The van der Waals surface area contributed by atoms with Gasteiger partial charge in [0.25, 0.3) is 0 Å². The largest absolute Gasteiger partial charge is 0.486 e. The highest BCUT2D eigenvalue weighted by Gasteiger charge is 2.20. The van der Waals surface area contributed by atoms with E-state index in [1.807, 2.05) is 66.6 Å². The van der Waals surface area contributed by atoms with Crippen molar-refractivity contribution < 1.29 is 14.6 Å². The van der Waals surface area contributed by atoms with Gasteiger partial charge in [-0.2, -0.15) is 0 Å². The molecule has 158 valence electrons. The zero-order valence-corrected chi connectivity index (χ0v) is 18.6. The first-order valence-corrected chi connectivity index (χ1v) is 11.0. The van der Waals surface area contributed by atoms with Gasteiger partial charge in [-0.1, -0.05) is 55.8 Å². The Morgan fingerprint density at radius 2 is 1.97 bits per heavy atom. The summed E-state index contributed by atoms with van der Waals surface area (Å²) in [5.74, 6) is 0.608. The van der Waals surface area contributed by atoms with Crippen molar-refractivity contribution in [3.8, 4) is 5.75 Å². The average Bonchev–Trinajstić information content (AvgIpc) is 3.21. The lowest BCUT2D eigenvalue weighted by Gasteiger charge is -2.26. The minimum atomic E-state index is -0.121. The maximum atomic E-state index is 12.9. The van der Waals surface area contributed by atoms with Crippen LogP contribution in [0.15, 0.2) is 53.9 Å². The van der Waals surface area contributed by atoms with Gasteiger partial charge in [0, 0.05) is 35.0 Å². The van der Waals surface area contributed by atoms with E-state index < -0.39 is 0 Å². The van der Waals surface area contributed by atoms with E-state index in [4.69, 9.17) is 16.3 Å². The van der Waals surface area contributed by atoms with E-state index in [9.17, 15) is 9.90 Å². The predicted octanol–water partition coefficient (Wildman–Crippen LogP) is 5.05. The molecule has 0 saturated carbocycles. The molecule has 0 aliphatic carbocycles. The van der Waals surface area contributed by atoms with Gasteiger partial charge in [-0.05, 0) is 23.8 Å². The topological polar surface area (TPSA) is 62.7 Å². The van der Waals surface area contributed by atoms with E-state index in [0.717, 1.165) is 16.1 Å². The minimum absolute atomic E-state index is 0.0669. The van der Waals surface area contributed by atoms with Crippen LogP contribution in [0.5, 0.6) is 5.75 Å². The van der Waals surface area contributed by atoms with Gasteiger partial charge in [-0.15, -0.1) is 11.3 Å². The molecule has 0 aliphatic heterocycles. The van der Waals surface area contributed by atoms with Crippen molar-refractivity contribution >= 4 is 28.8 Å². The third-order valence-electron chi connectivity index (χ3n) is 4.52. The van der Waals surface area contributed by atoms with Gasteiger partial charge in [-0.3, -0.25) is 4.79 Å². The Kier molecular flexibility index (Phi) is 7.85. The molecule has 0 aliphatic rings. The van der Waals surface area contributed by atoms with Crippen LogP contribution in [-0.2, 0) is 31.1 Å². The Labute approximate surface area is 185 Å². The molecule has 7 heteroatoms. The molecule has 2 aromatic carbocycles. The number of carbonyl (C=O) groups excluding carboxylic acids is 1. The van der Waals surface area contributed by atoms with E-state index in [1.165, 1.54) is 11.3 Å². The number of carbonyl (C=O) groups is 1. The fourth-order valence-electron chi connectivity index (χ4n) is 3.03. The molecule has 1 heterocycles. The van der Waals surface area contributed by atoms with Gasteiger partial charge in [-0.25, -0.2) is 4.98 Å². The summed E-state index contributed by atoms with van der Waals surface area (Å²) in [6, 6.07) is 15.3. The predicted molar refractivity (Wildman–Crippen MR) is 119 cm³/mol. The molecular formula is C23H25ClN2O3S. The quantitative estimate of drug-likeness (QED) is 0.501. The number of aliphatic hydroxyl groups excluding tert-OH is 1. The summed E-state index contributed by atoms with van der Waals surface area (Å²) >= 11 is 7.68. The van der Waals surface area contributed by atoms with Crippen LogP contribution in [0, 0.1) is 5.92 Å². The van der Waals surface area contributed by atoms with Gasteiger partial charge < -0.3 is 14.7 Å². The number of halogens is 1. The van der Waals surface area contributed by atoms with Crippen LogP contribution in [0.1, 0.15) is 35.7 Å². The number of rotatable bonds is 9. The summed E-state index contributed by atoms with van der Waals surface area (Å²) in [6.07, 6.45) is 0. The Balaban J connectivity index is 1.80. The highest BCUT2D eigenvalue weighted by molar-refractivity contribution is 7.09. The number of benzene rings is 2. The molecule has 0 bridgehead atoms. The molecule has 0 unspecified atom stereocenters. The fourth-order valence-corrected chi connectivity index (χ4v) is 3.92. The van der Waals surface area contributed by atoms with E-state index in [2.05, 4.69) is 4.98 Å². The molecular weight excluding hydrogens is 420 g/mol. The molecule has 3 rings (SSSR count). The molecule has 0 spiro atoms. The Bertz CT molecular complexity index is 976. The van der Waals surface area contributed by atoms with E-state index in [-0.39, 0.29) is 25.0 Å². The first kappa shape index (κ1) is 22.3. The molecule has 30 heavy (non-hydrogen) atoms. The molecule has 3 aromatic rings. The summed E-state index contributed by atoms with van der Waals surface area (Å²) < 4.78 is 6.00. The number of nitrogens with zero attached hydrogens (tertiary/aromatic N) is 2. The lowest BCUT2D eigenvalue weighted by Crippen LogP contribution is -2.33. The lowest BCUT2D eigenvalue weighted by atomic mass is 10.1. The van der Waals surface area contributed by atoms with Crippen molar-refractivity contribution in [3.63, 3.8) is 0 Å². The number of hydrogen-bond donors (Lipinski definition) is 1. The third kappa shape index (κ3) is 6.05. The first-order chi connectivity index (χ1) is 14.5. The van der Waals surface area contributed by atoms with Crippen molar-refractivity contribution in [3.05, 3.63) is 80.8 Å². The van der Waals surface area contributed by atoms with E-state index in [0.29, 0.717) is 29.6 Å². The zero-order valence-electron chi connectivity index (χ0n) is 17.0. The van der Waals surface area contributed by atoms with Crippen LogP contribution in [-0.4, -0.2) is 20.9 Å². The monoisotopic (exact) mass is 444 g/mol. The Hall–Kier alpha value is -2.41. The second-order valence-electron chi connectivity index (χ2n) is 7.27. The minimum Gasteiger partial charge on any atom is -0.486 e. The fraction of sp³-hybridized carbons (Fsp3) is 0.304. The van der Waals surface area contributed by atoms with Crippen LogP contribution in [0.2, 0.25) is 5.02 Å². The summed E-state index contributed by atoms with van der Waals surface area (Å²) in [5, 5.41) is 12.4. The SMILES string of the molecule is CC(C)C(=O)N(Cc1ccccc1)Cc1cc(Cl)ccc1OCc1nc(CO)cs1. The lowest BCUT2D eigenvalue weighted by molar-refractivity contribution is -0.135. The number of aromatic nitrogens is 1. The highest BCUT2D eigenvalue weighted by Crippen LogP contribution is 2.27. The van der Waals surface area contributed by atoms with Crippen molar-refractivity contribution in [2.24, 2.45) is 5.92 Å². The number of amides is 1. The van der Waals surface area contributed by atoms with Crippen LogP contribution in [0.4, 0.5) is 0 Å². The van der Waals surface area contributed by atoms with Gasteiger partial charge in [0.15, 0.2) is 0 Å². The molecule has 1 N–H and O–H groups in total. The van der Waals surface area contributed by atoms with Crippen molar-refractivity contribution in [2.75, 3.05) is 0 Å². The molecule has 0 atom stereocenters. The maximum absolute atomic E-state index is 12.9. The van der Waals surface area contributed by atoms with Crippen LogP contribution in [0.3, 0.4) is 0 Å². The van der Waals surface area contributed by atoms with E-state index >= 15 is 0 Å². The zero-order chi connectivity index (χ0) is 21.5. The molecule has 1 amide bonds. The van der Waals surface area contributed by atoms with Crippen LogP contribution in [0.25, 0.3) is 0 Å². The summed E-state index contributed by atoms with van der Waals surface area (Å²) in [6.45, 7) is 4.90. The molecule has 0 radical (unpaired) electrons. The Morgan fingerprint density at radius 3 is 2.63 bits per heavy atom. The standard InChI is InChI=1S/C23H25ClN2O3S/c1-16(2)23(28)26(11-17-6-4-3-5-7-17)12-18-10-19(24)8-9-21(18)29-14-22-25-20(13-27)15-30-22/h3-10,15-16,27H,11-14H2,1-2H3. The maximum Gasteiger partial charge on any atom is 0.225 e. The second-order valence-corrected chi connectivity index (χ2v) is 8.65. The van der Waals surface area contributed by atoms with Gasteiger partial charge >= 0.3 is 0 Å². The van der Waals surface area contributed by atoms with Crippen LogP contribution < -0.4 is 4.74 Å². The second kappa shape index (κ2) is 10.6. The molecule has 0 fully saturated rings. The summed E-state index contributed by atoms with van der Waals surface area (Å²) in [4.78, 5) is 19.0. The van der Waals surface area contributed by atoms with Crippen LogP contribution >= 0.6 is 22.9 Å². The first-order valence-electron chi connectivity index (χ1n) is 9.74. The summed E-state index contributed by atoms with van der Waals surface area (Å²) in [7, 11) is 0. The number of ether oxygens (including phenoxy) is 1. The smallest absolute Gasteiger partial charge is 0.225 e. The van der Waals surface area contributed by atoms with Gasteiger partial charge in [0.2, 0.25) is 5.91 Å². The Morgan fingerprint density at radius 1 is 1.20 bits per heavy atom.